The zero-order valence-electron chi connectivity index (χ0n) is 32.6. The fraction of sp³-hybridized carbons (Fsp3) is 0.489. The molecule has 1 N–H and O–H groups in total. The summed E-state index contributed by atoms with van der Waals surface area (Å²) in [4.78, 5) is 42.9. The topological polar surface area (TPSA) is 118 Å². The summed E-state index contributed by atoms with van der Waals surface area (Å²) < 4.78 is 32.7. The van der Waals surface area contributed by atoms with Gasteiger partial charge in [0.25, 0.3) is 0 Å². The number of ketones is 2. The minimum absolute atomic E-state index is 0.0240. The number of carbonyl (C=O) groups is 3. The van der Waals surface area contributed by atoms with Crippen LogP contribution < -0.4 is 9.47 Å². The molecule has 0 amide bonds. The first-order valence-electron chi connectivity index (χ1n) is 19.0. The second-order valence-electron chi connectivity index (χ2n) is 16.7. The summed E-state index contributed by atoms with van der Waals surface area (Å²) in [5.74, 6) is -2.83. The third kappa shape index (κ3) is 5.86. The molecule has 4 bridgehead atoms. The van der Waals surface area contributed by atoms with Crippen molar-refractivity contribution in [3.05, 3.63) is 94.1 Å². The van der Waals surface area contributed by atoms with Gasteiger partial charge in [0, 0.05) is 29.9 Å². The van der Waals surface area contributed by atoms with Crippen LogP contribution in [-0.2, 0) is 36.8 Å². The molecule has 8 rings (SSSR count). The average molecular weight is 737 g/mol. The van der Waals surface area contributed by atoms with Crippen LogP contribution in [-0.4, -0.2) is 58.3 Å². The van der Waals surface area contributed by atoms with Crippen LogP contribution in [0.4, 0.5) is 0 Å². The van der Waals surface area contributed by atoms with Crippen LogP contribution in [0.15, 0.2) is 71.9 Å². The highest BCUT2D eigenvalue weighted by atomic mass is 16.6. The number of hydrogen-bond acceptors (Lipinski definition) is 9. The zero-order valence-corrected chi connectivity index (χ0v) is 32.6. The first-order chi connectivity index (χ1) is 25.6. The number of methoxy groups -OCH3 is 1. The van der Waals surface area contributed by atoms with Crippen molar-refractivity contribution < 1.29 is 43.2 Å². The van der Waals surface area contributed by atoms with Crippen LogP contribution in [0.3, 0.4) is 0 Å². The van der Waals surface area contributed by atoms with E-state index in [0.29, 0.717) is 36.1 Å². The van der Waals surface area contributed by atoms with Gasteiger partial charge in [-0.15, -0.1) is 0 Å². The highest BCUT2D eigenvalue weighted by molar-refractivity contribution is 6.10. The lowest BCUT2D eigenvalue weighted by Gasteiger charge is -2.62. The van der Waals surface area contributed by atoms with Crippen molar-refractivity contribution in [2.45, 2.75) is 116 Å². The molecule has 0 aromatic heterocycles. The first kappa shape index (κ1) is 37.8. The maximum atomic E-state index is 15.5. The minimum Gasteiger partial charge on any atom is -0.506 e. The van der Waals surface area contributed by atoms with E-state index in [1.165, 1.54) is 18.8 Å². The zero-order chi connectivity index (χ0) is 38.8. The largest absolute Gasteiger partial charge is 0.506 e. The molecular formula is C45H52O9. The molecule has 1 saturated heterocycles. The van der Waals surface area contributed by atoms with Crippen molar-refractivity contribution in [3.8, 4) is 17.2 Å². The Morgan fingerprint density at radius 2 is 1.72 bits per heavy atom. The lowest BCUT2D eigenvalue weighted by molar-refractivity contribution is -0.229. The summed E-state index contributed by atoms with van der Waals surface area (Å²) in [6.07, 6.45) is 12.2. The molecule has 54 heavy (non-hydrogen) atoms. The van der Waals surface area contributed by atoms with Gasteiger partial charge in [-0.2, -0.15) is 0 Å². The van der Waals surface area contributed by atoms with E-state index < -0.39 is 52.2 Å². The molecule has 3 aliphatic carbocycles. The second-order valence-corrected chi connectivity index (χ2v) is 16.7. The van der Waals surface area contributed by atoms with E-state index in [4.69, 9.17) is 23.7 Å². The molecule has 286 valence electrons. The molecule has 3 aliphatic heterocycles. The summed E-state index contributed by atoms with van der Waals surface area (Å²) in [7, 11) is 1.29. The van der Waals surface area contributed by atoms with E-state index in [1.54, 1.807) is 6.08 Å². The number of hydrogen-bond donors (Lipinski definition) is 1. The molecule has 7 atom stereocenters. The maximum absolute atomic E-state index is 15.5. The lowest BCUT2D eigenvalue weighted by Crippen LogP contribution is -2.80. The van der Waals surface area contributed by atoms with Crippen LogP contribution in [0.2, 0.25) is 0 Å². The Morgan fingerprint density at radius 1 is 1.00 bits per heavy atom. The van der Waals surface area contributed by atoms with E-state index in [-0.39, 0.29) is 41.7 Å². The predicted molar refractivity (Wildman–Crippen MR) is 204 cm³/mol. The summed E-state index contributed by atoms with van der Waals surface area (Å²) in [6.45, 7) is 14.2. The van der Waals surface area contributed by atoms with Crippen LogP contribution >= 0.6 is 0 Å². The molecule has 2 aromatic carbocycles. The predicted octanol–water partition coefficient (Wildman–Crippen LogP) is 8.21. The van der Waals surface area contributed by atoms with Gasteiger partial charge in [-0.25, -0.2) is 4.79 Å². The van der Waals surface area contributed by atoms with Crippen molar-refractivity contribution in [2.24, 2.45) is 17.8 Å². The Balaban J connectivity index is 1.45. The van der Waals surface area contributed by atoms with Gasteiger partial charge in [0.1, 0.15) is 28.4 Å². The number of rotatable bonds is 11. The van der Waals surface area contributed by atoms with Gasteiger partial charge >= 0.3 is 5.97 Å². The van der Waals surface area contributed by atoms with Gasteiger partial charge in [-0.05, 0) is 91.9 Å². The normalized spacial score (nSPS) is 30.9. The SMILES string of the molecule is COC(=O)/C=C/C[C@]12OC(C)(C)C3C[C@H](C1=O)C(OCc1ccccc1)C1C(=O)c4c(O)c5c(c(CC=C(C)C)c4O[C@]132)O[C@](C)(CCC=C(C)C)C=C5. The highest BCUT2D eigenvalue weighted by Crippen LogP contribution is 2.71. The van der Waals surface area contributed by atoms with E-state index in [0.717, 1.165) is 17.6 Å². The molecular weight excluding hydrogens is 684 g/mol. The molecule has 0 radical (unpaired) electrons. The van der Waals surface area contributed by atoms with Gasteiger partial charge in [-0.3, -0.25) is 9.59 Å². The third-order valence-electron chi connectivity index (χ3n) is 12.1. The van der Waals surface area contributed by atoms with E-state index in [1.807, 2.05) is 83.2 Å². The van der Waals surface area contributed by atoms with Gasteiger partial charge in [-0.1, -0.05) is 59.7 Å². The average Bonchev–Trinajstić information content (AvgIpc) is 3.26. The smallest absolute Gasteiger partial charge is 0.330 e. The molecule has 9 heteroatoms. The van der Waals surface area contributed by atoms with Crippen LogP contribution in [0.5, 0.6) is 17.2 Å². The number of phenols is 1. The van der Waals surface area contributed by atoms with Crippen molar-refractivity contribution in [1.82, 2.24) is 0 Å². The van der Waals surface area contributed by atoms with Gasteiger partial charge in [0.15, 0.2) is 22.8 Å². The van der Waals surface area contributed by atoms with E-state index >= 15 is 9.59 Å². The minimum atomic E-state index is -1.64. The summed E-state index contributed by atoms with van der Waals surface area (Å²) in [5, 5.41) is 12.2. The summed E-state index contributed by atoms with van der Waals surface area (Å²) in [5.41, 5.74) is -0.494. The van der Waals surface area contributed by atoms with Gasteiger partial charge in [0.2, 0.25) is 0 Å². The van der Waals surface area contributed by atoms with Gasteiger partial charge in [0.05, 0.1) is 36.9 Å². The molecule has 2 aromatic rings. The lowest BCUT2D eigenvalue weighted by atomic mass is 9.45. The quantitative estimate of drug-likeness (QED) is 0.138. The van der Waals surface area contributed by atoms with Crippen molar-refractivity contribution in [2.75, 3.05) is 7.11 Å². The van der Waals surface area contributed by atoms with Crippen molar-refractivity contribution in [1.29, 1.82) is 0 Å². The first-order valence-corrected chi connectivity index (χ1v) is 19.0. The number of aromatic hydroxyl groups is 1. The molecule has 3 heterocycles. The molecule has 4 fully saturated rings. The molecule has 3 unspecified atom stereocenters. The number of ether oxygens (including phenoxy) is 5. The summed E-state index contributed by atoms with van der Waals surface area (Å²) >= 11 is 0. The Labute approximate surface area is 318 Å². The number of phenolic OH excluding ortho intramolecular Hbond substituents is 1. The third-order valence-corrected chi connectivity index (χ3v) is 12.1. The van der Waals surface area contributed by atoms with Crippen molar-refractivity contribution >= 4 is 23.6 Å². The number of benzene rings is 2. The van der Waals surface area contributed by atoms with E-state index in [2.05, 4.69) is 19.9 Å². The van der Waals surface area contributed by atoms with Gasteiger partial charge < -0.3 is 28.8 Å². The Hall–Kier alpha value is -4.47. The Bertz CT molecular complexity index is 2000. The number of allylic oxidation sites excluding steroid dienone is 4. The number of carbonyl (C=O) groups excluding carboxylic acids is 3. The van der Waals surface area contributed by atoms with Crippen LogP contribution in [0.1, 0.15) is 101 Å². The maximum Gasteiger partial charge on any atom is 0.330 e. The monoisotopic (exact) mass is 736 g/mol. The van der Waals surface area contributed by atoms with Crippen molar-refractivity contribution in [3.63, 3.8) is 0 Å². The fourth-order valence-corrected chi connectivity index (χ4v) is 9.72. The second kappa shape index (κ2) is 13.7. The molecule has 1 spiro atoms. The molecule has 6 aliphatic rings. The standard InChI is InChI=1S/C45H52O9/c1-26(2)14-12-21-43(7)23-20-29-36(47)34-37(48)35-40(51-25-28-15-10-9-11-16-28)31-24-32-42(5,6)54-44(41(31)49,22-13-17-33(46)50-8)45(32,35)53-39(34)30(38(29)52-43)19-18-27(3)4/h9-11,13-18,20,23,31-32,35,40,47H,12,19,21-22,24-25H2,1-8H3/b17-13+/t31-,32?,35?,40?,43+,44-,45-/m0/s1. The molecule has 9 nitrogen and oxygen atoms in total. The molecule has 3 saturated carbocycles. The Kier molecular flexibility index (Phi) is 9.58. The van der Waals surface area contributed by atoms with E-state index in [9.17, 15) is 9.90 Å². The Morgan fingerprint density at radius 3 is 2.41 bits per heavy atom. The number of fused-ring (bicyclic) bond motifs is 2. The summed E-state index contributed by atoms with van der Waals surface area (Å²) in [6, 6.07) is 9.63. The number of esters is 1. The fourth-order valence-electron chi connectivity index (χ4n) is 9.72. The number of Topliss-reactive ketones (excluding diaryl/α,β-unsaturated/α-hetero) is 2. The van der Waals surface area contributed by atoms with Crippen LogP contribution in [0.25, 0.3) is 6.08 Å². The highest BCUT2D eigenvalue weighted by Gasteiger charge is 2.85. The van der Waals surface area contributed by atoms with Crippen LogP contribution in [0, 0.1) is 17.8 Å².